The smallest absolute Gasteiger partial charge is 0.267 e. The average molecular weight is 518 g/mol. The molecule has 2 atom stereocenters. The number of fused-ring (bicyclic) bond motifs is 2. The van der Waals surface area contributed by atoms with Gasteiger partial charge in [0.15, 0.2) is 0 Å². The Morgan fingerprint density at radius 1 is 1.06 bits per heavy atom. The SMILES string of the molecule is O=C(NS(=O)(=O)C1CC1)c1cc(C2CC2)c(OCC2(CCF)CC3(F)CCCC(F)(C3)C2)cc1F. The number of ether oxygens (including phenoxy) is 1. The molecule has 0 radical (unpaired) electrons. The fourth-order valence-corrected chi connectivity index (χ4v) is 7.48. The van der Waals surface area contributed by atoms with Gasteiger partial charge in [-0.3, -0.25) is 9.18 Å². The van der Waals surface area contributed by atoms with Crippen molar-refractivity contribution in [1.82, 2.24) is 4.72 Å². The number of carbonyl (C=O) groups excluding carboxylic acids is 1. The quantitative estimate of drug-likeness (QED) is 0.443. The van der Waals surface area contributed by atoms with E-state index < -0.39 is 50.4 Å². The molecule has 194 valence electrons. The van der Waals surface area contributed by atoms with Gasteiger partial charge in [-0.15, -0.1) is 0 Å². The molecule has 10 heteroatoms. The molecule has 4 fully saturated rings. The molecule has 1 aromatic rings. The second-order valence-electron chi connectivity index (χ2n) is 11.2. The van der Waals surface area contributed by atoms with Crippen LogP contribution in [0.4, 0.5) is 17.6 Å². The molecular formula is C25H31F4NO4S. The van der Waals surface area contributed by atoms with E-state index in [9.17, 15) is 22.0 Å². The average Bonchev–Trinajstić information content (AvgIpc) is 3.63. The van der Waals surface area contributed by atoms with Crippen molar-refractivity contribution >= 4 is 15.9 Å². The Morgan fingerprint density at radius 3 is 2.29 bits per heavy atom. The largest absolute Gasteiger partial charge is 0.493 e. The standard InChI is InChI=1S/C25H31F4NO4S/c26-9-8-23(12-24(28)6-1-7-25(29,13-23)14-24)15-34-21-11-20(27)19(10-18(21)16-2-3-16)22(31)30-35(32,33)17-4-5-17/h10-11,16-17H,1-9,12-15H2,(H,30,31). The number of nitrogens with one attached hydrogen (secondary N) is 1. The number of alkyl halides is 3. The fourth-order valence-electron chi connectivity index (χ4n) is 6.19. The highest BCUT2D eigenvalue weighted by atomic mass is 32.2. The number of benzene rings is 1. The molecule has 1 N–H and O–H groups in total. The number of rotatable bonds is 9. The molecule has 0 aliphatic heterocycles. The zero-order chi connectivity index (χ0) is 25.1. The molecule has 0 heterocycles. The predicted octanol–water partition coefficient (Wildman–Crippen LogP) is 5.43. The van der Waals surface area contributed by atoms with Gasteiger partial charge in [0.2, 0.25) is 10.0 Å². The van der Waals surface area contributed by atoms with Gasteiger partial charge in [0.05, 0.1) is 24.1 Å². The van der Waals surface area contributed by atoms with E-state index in [4.69, 9.17) is 4.74 Å². The van der Waals surface area contributed by atoms with Crippen LogP contribution in [0.5, 0.6) is 5.75 Å². The molecule has 5 nitrogen and oxygen atoms in total. The lowest BCUT2D eigenvalue weighted by atomic mass is 9.57. The number of halogens is 4. The van der Waals surface area contributed by atoms with Gasteiger partial charge in [0.25, 0.3) is 5.91 Å². The molecular weight excluding hydrogens is 486 g/mol. The molecule has 1 aromatic carbocycles. The molecule has 0 spiro atoms. The Hall–Kier alpha value is -1.84. The molecule has 35 heavy (non-hydrogen) atoms. The Balaban J connectivity index is 1.38. The fraction of sp³-hybridized carbons (Fsp3) is 0.720. The maximum Gasteiger partial charge on any atom is 0.267 e. The Bertz CT molecular complexity index is 1100. The first-order chi connectivity index (χ1) is 16.5. The summed E-state index contributed by atoms with van der Waals surface area (Å²) in [4.78, 5) is 12.5. The third-order valence-electron chi connectivity index (χ3n) is 7.99. The minimum atomic E-state index is -3.84. The summed E-state index contributed by atoms with van der Waals surface area (Å²) in [5.41, 5.74) is -4.30. The number of sulfonamides is 1. The van der Waals surface area contributed by atoms with Gasteiger partial charge >= 0.3 is 0 Å². The summed E-state index contributed by atoms with van der Waals surface area (Å²) in [5, 5.41) is -0.626. The van der Waals surface area contributed by atoms with Crippen LogP contribution in [0.2, 0.25) is 0 Å². The van der Waals surface area contributed by atoms with E-state index in [1.165, 1.54) is 6.07 Å². The lowest BCUT2D eigenvalue weighted by Crippen LogP contribution is -2.54. The van der Waals surface area contributed by atoms with Crippen LogP contribution in [-0.2, 0) is 10.0 Å². The van der Waals surface area contributed by atoms with Crippen LogP contribution in [0.25, 0.3) is 0 Å². The van der Waals surface area contributed by atoms with Crippen molar-refractivity contribution in [2.45, 2.75) is 93.1 Å². The van der Waals surface area contributed by atoms with Crippen molar-refractivity contribution in [2.24, 2.45) is 5.41 Å². The number of hydrogen-bond acceptors (Lipinski definition) is 4. The number of amides is 1. The van der Waals surface area contributed by atoms with Crippen LogP contribution >= 0.6 is 0 Å². The highest BCUT2D eigenvalue weighted by Gasteiger charge is 2.58. The maximum atomic E-state index is 15.4. The van der Waals surface area contributed by atoms with E-state index in [0.717, 1.165) is 18.9 Å². The molecule has 5 rings (SSSR count). The van der Waals surface area contributed by atoms with Gasteiger partial charge in [-0.25, -0.2) is 26.3 Å². The molecule has 0 aromatic heterocycles. The van der Waals surface area contributed by atoms with Crippen LogP contribution in [-0.4, -0.2) is 44.2 Å². The zero-order valence-corrected chi connectivity index (χ0v) is 20.4. The van der Waals surface area contributed by atoms with Crippen molar-refractivity contribution in [3.63, 3.8) is 0 Å². The summed E-state index contributed by atoms with van der Waals surface area (Å²) in [6, 6.07) is 2.35. The van der Waals surface area contributed by atoms with Crippen molar-refractivity contribution < 1.29 is 35.5 Å². The van der Waals surface area contributed by atoms with E-state index in [0.29, 0.717) is 24.8 Å². The highest BCUT2D eigenvalue weighted by molar-refractivity contribution is 7.91. The second kappa shape index (κ2) is 8.63. The van der Waals surface area contributed by atoms with Gasteiger partial charge in [0.1, 0.15) is 22.9 Å². The van der Waals surface area contributed by atoms with Crippen molar-refractivity contribution in [2.75, 3.05) is 13.3 Å². The van der Waals surface area contributed by atoms with Crippen molar-refractivity contribution in [1.29, 1.82) is 0 Å². The maximum absolute atomic E-state index is 15.4. The third-order valence-corrected chi connectivity index (χ3v) is 9.80. The van der Waals surface area contributed by atoms with Gasteiger partial charge < -0.3 is 4.74 Å². The second-order valence-corrected chi connectivity index (χ2v) is 13.2. The normalized spacial score (nSPS) is 32.8. The summed E-state index contributed by atoms with van der Waals surface area (Å²) in [6.07, 6.45) is 3.21. The minimum Gasteiger partial charge on any atom is -0.493 e. The Kier molecular flexibility index (Phi) is 6.12. The van der Waals surface area contributed by atoms with Crippen LogP contribution in [0.1, 0.15) is 92.5 Å². The van der Waals surface area contributed by atoms with Gasteiger partial charge in [-0.05, 0) is 81.8 Å². The number of carbonyl (C=O) groups is 1. The molecule has 0 saturated heterocycles. The van der Waals surface area contributed by atoms with E-state index in [-0.39, 0.29) is 62.4 Å². The predicted molar refractivity (Wildman–Crippen MR) is 122 cm³/mol. The van der Waals surface area contributed by atoms with Gasteiger partial charge in [-0.1, -0.05) is 0 Å². The topological polar surface area (TPSA) is 72.5 Å². The van der Waals surface area contributed by atoms with Crippen molar-refractivity contribution in [3.8, 4) is 5.75 Å². The van der Waals surface area contributed by atoms with Crippen molar-refractivity contribution in [3.05, 3.63) is 29.1 Å². The molecule has 4 saturated carbocycles. The lowest BCUT2D eigenvalue weighted by molar-refractivity contribution is -0.121. The summed E-state index contributed by atoms with van der Waals surface area (Å²) in [5.74, 6) is -1.81. The summed E-state index contributed by atoms with van der Waals surface area (Å²) in [6.45, 7) is -0.900. The number of hydrogen-bond donors (Lipinski definition) is 1. The Morgan fingerprint density at radius 2 is 1.71 bits per heavy atom. The molecule has 4 aliphatic rings. The molecule has 1 amide bonds. The van der Waals surface area contributed by atoms with E-state index in [1.807, 2.05) is 4.72 Å². The van der Waals surface area contributed by atoms with Gasteiger partial charge in [-0.2, -0.15) is 0 Å². The molecule has 2 unspecified atom stereocenters. The summed E-state index contributed by atoms with van der Waals surface area (Å²) < 4.78 is 91.5. The monoisotopic (exact) mass is 517 g/mol. The Labute approximate surface area is 203 Å². The lowest BCUT2D eigenvalue weighted by Gasteiger charge is -2.52. The zero-order valence-electron chi connectivity index (χ0n) is 19.6. The first kappa shape index (κ1) is 24.8. The summed E-state index contributed by atoms with van der Waals surface area (Å²) >= 11 is 0. The van der Waals surface area contributed by atoms with E-state index in [1.54, 1.807) is 0 Å². The molecule has 2 bridgehead atoms. The van der Waals surface area contributed by atoms with E-state index >= 15 is 8.78 Å². The third kappa shape index (κ3) is 5.18. The van der Waals surface area contributed by atoms with Crippen LogP contribution in [0.15, 0.2) is 12.1 Å². The summed E-state index contributed by atoms with van der Waals surface area (Å²) in [7, 11) is -3.84. The van der Waals surface area contributed by atoms with Crippen LogP contribution in [0.3, 0.4) is 0 Å². The molecule has 4 aliphatic carbocycles. The minimum absolute atomic E-state index is 0.00362. The van der Waals surface area contributed by atoms with Gasteiger partial charge in [0, 0.05) is 17.9 Å². The first-order valence-electron chi connectivity index (χ1n) is 12.4. The van der Waals surface area contributed by atoms with Crippen LogP contribution in [0, 0.1) is 11.2 Å². The highest BCUT2D eigenvalue weighted by Crippen LogP contribution is 2.58. The first-order valence-corrected chi connectivity index (χ1v) is 14.0. The van der Waals surface area contributed by atoms with E-state index in [2.05, 4.69) is 0 Å². The van der Waals surface area contributed by atoms with Crippen LogP contribution < -0.4 is 9.46 Å².